The van der Waals surface area contributed by atoms with Gasteiger partial charge in [-0.25, -0.2) is 9.97 Å². The number of nitrogens with one attached hydrogen (secondary N) is 1. The van der Waals surface area contributed by atoms with Crippen molar-refractivity contribution < 1.29 is 4.74 Å². The number of benzene rings is 2. The lowest BCUT2D eigenvalue weighted by Crippen LogP contribution is -2.41. The molecule has 1 unspecified atom stereocenters. The number of hydrogen-bond donors (Lipinski definition) is 1. The molecule has 1 atom stereocenters. The lowest BCUT2D eigenvalue weighted by molar-refractivity contribution is 0.0187. The zero-order valence-corrected chi connectivity index (χ0v) is 15.3. The molecule has 5 heteroatoms. The van der Waals surface area contributed by atoms with Gasteiger partial charge in [0.05, 0.1) is 19.3 Å². The van der Waals surface area contributed by atoms with Crippen LogP contribution < -0.4 is 5.32 Å². The Bertz CT molecular complexity index is 835. The Labute approximate surface area is 160 Å². The zero-order valence-electron chi connectivity index (χ0n) is 15.3. The maximum absolute atomic E-state index is 5.53. The Balaban J connectivity index is 1.51. The third-order valence-corrected chi connectivity index (χ3v) is 4.83. The van der Waals surface area contributed by atoms with E-state index in [0.717, 1.165) is 50.1 Å². The van der Waals surface area contributed by atoms with Crippen LogP contribution in [0.2, 0.25) is 0 Å². The number of aromatic nitrogens is 2. The van der Waals surface area contributed by atoms with E-state index in [0.29, 0.717) is 0 Å². The van der Waals surface area contributed by atoms with E-state index >= 15 is 0 Å². The SMILES string of the molecule is c1ccc(-c2nccc(NCC(c3ccccc3)N3CCOCC3)n2)cc1. The minimum absolute atomic E-state index is 0.283. The van der Waals surface area contributed by atoms with Crippen molar-refractivity contribution in [3.8, 4) is 11.4 Å². The molecule has 5 nitrogen and oxygen atoms in total. The first kappa shape index (κ1) is 17.6. The van der Waals surface area contributed by atoms with Gasteiger partial charge in [0.25, 0.3) is 0 Å². The molecule has 0 amide bonds. The largest absolute Gasteiger partial charge is 0.379 e. The summed E-state index contributed by atoms with van der Waals surface area (Å²) in [6, 6.07) is 22.9. The average molecular weight is 360 g/mol. The molecule has 27 heavy (non-hydrogen) atoms. The van der Waals surface area contributed by atoms with Crippen LogP contribution in [0.1, 0.15) is 11.6 Å². The number of ether oxygens (including phenoxy) is 1. The van der Waals surface area contributed by atoms with Gasteiger partial charge in [-0.2, -0.15) is 0 Å². The summed E-state index contributed by atoms with van der Waals surface area (Å²) in [6.07, 6.45) is 1.81. The van der Waals surface area contributed by atoms with Gasteiger partial charge in [-0.05, 0) is 11.6 Å². The van der Waals surface area contributed by atoms with Crippen LogP contribution in [0.4, 0.5) is 5.82 Å². The summed E-state index contributed by atoms with van der Waals surface area (Å²) < 4.78 is 5.53. The molecular weight excluding hydrogens is 336 g/mol. The molecule has 2 heterocycles. The second-order valence-electron chi connectivity index (χ2n) is 6.59. The fourth-order valence-corrected chi connectivity index (χ4v) is 3.41. The monoisotopic (exact) mass is 360 g/mol. The molecule has 138 valence electrons. The van der Waals surface area contributed by atoms with Crippen molar-refractivity contribution >= 4 is 5.82 Å². The standard InChI is InChI=1S/C22H24N4O/c1-3-7-18(8-4-1)20(26-13-15-27-16-14-26)17-24-21-11-12-23-22(25-21)19-9-5-2-6-10-19/h1-12,20H,13-17H2,(H,23,24,25). The molecular formula is C22H24N4O. The van der Waals surface area contributed by atoms with Crippen molar-refractivity contribution in [2.24, 2.45) is 0 Å². The molecule has 3 aromatic rings. The maximum atomic E-state index is 5.53. The first-order valence-electron chi connectivity index (χ1n) is 9.39. The Morgan fingerprint density at radius 2 is 1.63 bits per heavy atom. The van der Waals surface area contributed by atoms with Gasteiger partial charge in [0, 0.05) is 31.4 Å². The number of hydrogen-bond acceptors (Lipinski definition) is 5. The van der Waals surface area contributed by atoms with Crippen LogP contribution in [0.15, 0.2) is 72.9 Å². The van der Waals surface area contributed by atoms with Crippen LogP contribution in [0.3, 0.4) is 0 Å². The summed E-state index contributed by atoms with van der Waals surface area (Å²) >= 11 is 0. The molecule has 0 bridgehead atoms. The van der Waals surface area contributed by atoms with Crippen LogP contribution >= 0.6 is 0 Å². The first-order chi connectivity index (χ1) is 13.4. The van der Waals surface area contributed by atoms with Crippen LogP contribution in [-0.2, 0) is 4.74 Å². The lowest BCUT2D eigenvalue weighted by Gasteiger charge is -2.35. The van der Waals surface area contributed by atoms with Gasteiger partial charge < -0.3 is 10.1 Å². The quantitative estimate of drug-likeness (QED) is 0.727. The summed E-state index contributed by atoms with van der Waals surface area (Å²) in [5.41, 5.74) is 2.33. The second kappa shape index (κ2) is 8.75. The van der Waals surface area contributed by atoms with Crippen LogP contribution in [0.25, 0.3) is 11.4 Å². The molecule has 1 saturated heterocycles. The average Bonchev–Trinajstić information content (AvgIpc) is 2.76. The van der Waals surface area contributed by atoms with Crippen LogP contribution in [0, 0.1) is 0 Å². The molecule has 0 radical (unpaired) electrons. The highest BCUT2D eigenvalue weighted by molar-refractivity contribution is 5.56. The van der Waals surface area contributed by atoms with Gasteiger partial charge in [0.15, 0.2) is 5.82 Å². The van der Waals surface area contributed by atoms with Crippen molar-refractivity contribution in [2.45, 2.75) is 6.04 Å². The normalized spacial score (nSPS) is 16.0. The van der Waals surface area contributed by atoms with Gasteiger partial charge in [-0.3, -0.25) is 4.90 Å². The molecule has 1 aromatic heterocycles. The van der Waals surface area contributed by atoms with E-state index in [9.17, 15) is 0 Å². The lowest BCUT2D eigenvalue weighted by atomic mass is 10.0. The Kier molecular flexibility index (Phi) is 5.72. The summed E-state index contributed by atoms with van der Waals surface area (Å²) in [4.78, 5) is 11.6. The molecule has 1 aliphatic rings. The van der Waals surface area contributed by atoms with Gasteiger partial charge in [0.2, 0.25) is 0 Å². The van der Waals surface area contributed by atoms with E-state index in [1.54, 1.807) is 0 Å². The maximum Gasteiger partial charge on any atom is 0.161 e. The molecule has 1 N–H and O–H groups in total. The van der Waals surface area contributed by atoms with E-state index in [1.165, 1.54) is 5.56 Å². The smallest absolute Gasteiger partial charge is 0.161 e. The minimum atomic E-state index is 0.283. The topological polar surface area (TPSA) is 50.3 Å². The summed E-state index contributed by atoms with van der Waals surface area (Å²) in [7, 11) is 0. The number of anilines is 1. The molecule has 4 rings (SSSR count). The predicted octanol–water partition coefficient (Wildman–Crippen LogP) is 3.63. The summed E-state index contributed by atoms with van der Waals surface area (Å²) in [6.45, 7) is 4.25. The van der Waals surface area contributed by atoms with Gasteiger partial charge in [-0.1, -0.05) is 60.7 Å². The highest BCUT2D eigenvalue weighted by atomic mass is 16.5. The fraction of sp³-hybridized carbons (Fsp3) is 0.273. The number of morpholine rings is 1. The zero-order chi connectivity index (χ0) is 18.3. The van der Waals surface area contributed by atoms with E-state index < -0.39 is 0 Å². The molecule has 1 fully saturated rings. The third-order valence-electron chi connectivity index (χ3n) is 4.83. The van der Waals surface area contributed by atoms with Gasteiger partial charge >= 0.3 is 0 Å². The highest BCUT2D eigenvalue weighted by Crippen LogP contribution is 2.23. The summed E-state index contributed by atoms with van der Waals surface area (Å²) in [5, 5.41) is 3.52. The van der Waals surface area contributed by atoms with Gasteiger partial charge in [0.1, 0.15) is 5.82 Å². The van der Waals surface area contributed by atoms with E-state index in [-0.39, 0.29) is 6.04 Å². The van der Waals surface area contributed by atoms with Gasteiger partial charge in [-0.15, -0.1) is 0 Å². The predicted molar refractivity (Wildman–Crippen MR) is 108 cm³/mol. The molecule has 0 aliphatic carbocycles. The molecule has 0 spiro atoms. The molecule has 2 aromatic carbocycles. The van der Waals surface area contributed by atoms with Crippen LogP contribution in [-0.4, -0.2) is 47.7 Å². The Hall–Kier alpha value is -2.76. The molecule has 0 saturated carbocycles. The Morgan fingerprint density at radius 3 is 2.37 bits per heavy atom. The molecule has 1 aliphatic heterocycles. The third kappa shape index (κ3) is 4.51. The van der Waals surface area contributed by atoms with Crippen LogP contribution in [0.5, 0.6) is 0 Å². The minimum Gasteiger partial charge on any atom is -0.379 e. The Morgan fingerprint density at radius 1 is 0.926 bits per heavy atom. The van der Waals surface area contributed by atoms with Crippen molar-refractivity contribution in [1.82, 2.24) is 14.9 Å². The van der Waals surface area contributed by atoms with Crippen molar-refractivity contribution in [1.29, 1.82) is 0 Å². The highest BCUT2D eigenvalue weighted by Gasteiger charge is 2.22. The van der Waals surface area contributed by atoms with E-state index in [2.05, 4.69) is 50.5 Å². The summed E-state index contributed by atoms with van der Waals surface area (Å²) in [5.74, 6) is 1.58. The van der Waals surface area contributed by atoms with Crippen molar-refractivity contribution in [3.63, 3.8) is 0 Å². The van der Waals surface area contributed by atoms with Crippen molar-refractivity contribution in [2.75, 3.05) is 38.2 Å². The van der Waals surface area contributed by atoms with E-state index in [4.69, 9.17) is 4.74 Å². The second-order valence-corrected chi connectivity index (χ2v) is 6.59. The number of rotatable bonds is 6. The fourth-order valence-electron chi connectivity index (χ4n) is 3.41. The van der Waals surface area contributed by atoms with Crippen molar-refractivity contribution in [3.05, 3.63) is 78.5 Å². The van der Waals surface area contributed by atoms with E-state index in [1.807, 2.05) is 42.6 Å². The number of nitrogens with zero attached hydrogens (tertiary/aromatic N) is 3. The first-order valence-corrected chi connectivity index (χ1v) is 9.39.